The fourth-order valence-corrected chi connectivity index (χ4v) is 2.59. The third kappa shape index (κ3) is 4.23. The van der Waals surface area contributed by atoms with E-state index in [1.807, 2.05) is 0 Å². The molecule has 4 nitrogen and oxygen atoms in total. The van der Waals surface area contributed by atoms with Crippen molar-refractivity contribution in [2.24, 2.45) is 0 Å². The highest BCUT2D eigenvalue weighted by Crippen LogP contribution is 2.25. The summed E-state index contributed by atoms with van der Waals surface area (Å²) in [7, 11) is -3.54. The monoisotopic (exact) mass is 321 g/mol. The normalized spacial score (nSPS) is 12.8. The first-order valence-corrected chi connectivity index (χ1v) is 7.83. The van der Waals surface area contributed by atoms with Gasteiger partial charge in [0.2, 0.25) is 5.91 Å². The number of carbonyl (C=O) groups excluding carboxylic acids is 1. The Hall–Kier alpha value is -1.04. The van der Waals surface area contributed by atoms with E-state index in [1.54, 1.807) is 6.07 Å². The molecule has 0 bridgehead atoms. The van der Waals surface area contributed by atoms with Crippen molar-refractivity contribution in [2.45, 2.75) is 12.2 Å². The number of carbonyl (C=O) groups is 1. The van der Waals surface area contributed by atoms with Gasteiger partial charge in [0, 0.05) is 5.69 Å². The van der Waals surface area contributed by atoms with Crippen LogP contribution in [0.5, 0.6) is 0 Å². The van der Waals surface area contributed by atoms with E-state index in [-0.39, 0.29) is 10.8 Å². The molecule has 1 aromatic carbocycles. The molecule has 0 aliphatic carbocycles. The van der Waals surface area contributed by atoms with Gasteiger partial charge in [0.25, 0.3) is 0 Å². The van der Waals surface area contributed by atoms with Crippen LogP contribution in [0, 0.1) is 0 Å². The fourth-order valence-electron chi connectivity index (χ4n) is 1.29. The second kappa shape index (κ2) is 6.41. The lowest BCUT2D eigenvalue weighted by Crippen LogP contribution is -2.33. The van der Waals surface area contributed by atoms with E-state index in [9.17, 15) is 13.2 Å². The number of hydrogen-bond donors (Lipinski definition) is 1. The number of halogens is 2. The smallest absolute Gasteiger partial charge is 0.242 e. The molecule has 1 unspecified atom stereocenters. The van der Waals surface area contributed by atoms with E-state index in [0.29, 0.717) is 10.7 Å². The number of nitrogens with one attached hydrogen (secondary N) is 1. The van der Waals surface area contributed by atoms with Crippen LogP contribution in [0.1, 0.15) is 6.92 Å². The van der Waals surface area contributed by atoms with Crippen molar-refractivity contribution in [3.05, 3.63) is 40.9 Å². The molecule has 19 heavy (non-hydrogen) atoms. The van der Waals surface area contributed by atoms with E-state index in [0.717, 1.165) is 0 Å². The summed E-state index contributed by atoms with van der Waals surface area (Å²) in [6.45, 7) is 4.67. The molecule has 0 spiro atoms. The minimum Gasteiger partial charge on any atom is -0.325 e. The molecular weight excluding hydrogens is 309 g/mol. The van der Waals surface area contributed by atoms with Gasteiger partial charge in [-0.25, -0.2) is 8.42 Å². The maximum absolute atomic E-state index is 11.8. The Kier molecular flexibility index (Phi) is 5.40. The zero-order chi connectivity index (χ0) is 14.6. The third-order valence-corrected chi connectivity index (χ3v) is 5.18. The molecule has 0 fully saturated rings. The Labute approximate surface area is 122 Å². The van der Waals surface area contributed by atoms with Crippen molar-refractivity contribution < 1.29 is 13.2 Å². The van der Waals surface area contributed by atoms with Crippen molar-refractivity contribution >= 4 is 44.6 Å². The number of anilines is 1. The van der Waals surface area contributed by atoms with Crippen molar-refractivity contribution in [2.75, 3.05) is 11.1 Å². The molecule has 1 aromatic rings. The zero-order valence-electron chi connectivity index (χ0n) is 10.2. The quantitative estimate of drug-likeness (QED) is 0.848. The van der Waals surface area contributed by atoms with Crippen LogP contribution < -0.4 is 5.32 Å². The lowest BCUT2D eigenvalue weighted by molar-refractivity contribution is -0.115. The van der Waals surface area contributed by atoms with E-state index in [1.165, 1.54) is 25.1 Å². The van der Waals surface area contributed by atoms with Gasteiger partial charge in [-0.05, 0) is 25.1 Å². The summed E-state index contributed by atoms with van der Waals surface area (Å²) in [5.74, 6) is -0.872. The number of amides is 1. The first-order chi connectivity index (χ1) is 8.77. The summed E-state index contributed by atoms with van der Waals surface area (Å²) >= 11 is 11.5. The predicted octanol–water partition coefficient (Wildman–Crippen LogP) is 2.92. The van der Waals surface area contributed by atoms with E-state index < -0.39 is 21.0 Å². The Balaban J connectivity index is 2.85. The molecule has 1 amide bonds. The van der Waals surface area contributed by atoms with E-state index in [4.69, 9.17) is 23.2 Å². The first-order valence-electron chi connectivity index (χ1n) is 5.36. The van der Waals surface area contributed by atoms with Crippen molar-refractivity contribution in [1.29, 1.82) is 0 Å². The molecule has 0 aliphatic heterocycles. The van der Waals surface area contributed by atoms with Gasteiger partial charge in [0.15, 0.2) is 9.84 Å². The van der Waals surface area contributed by atoms with Crippen LogP contribution in [0.15, 0.2) is 30.9 Å². The lowest BCUT2D eigenvalue weighted by atomic mass is 10.3. The number of sulfone groups is 1. The van der Waals surface area contributed by atoms with E-state index in [2.05, 4.69) is 11.9 Å². The summed E-state index contributed by atoms with van der Waals surface area (Å²) in [5.41, 5.74) is 0.389. The second-order valence-electron chi connectivity index (χ2n) is 3.88. The highest BCUT2D eigenvalue weighted by molar-refractivity contribution is 7.92. The van der Waals surface area contributed by atoms with Crippen molar-refractivity contribution in [3.63, 3.8) is 0 Å². The molecule has 0 aliphatic rings. The average molecular weight is 322 g/mol. The standard InChI is InChI=1S/C12H13Cl2NO3S/c1-3-6-19(17,18)8(2)12(16)15-9-4-5-10(13)11(14)7-9/h3-5,7-8H,1,6H2,2H3,(H,15,16). The molecule has 0 heterocycles. The molecular formula is C12H13Cl2NO3S. The van der Waals surface area contributed by atoms with E-state index >= 15 is 0 Å². The van der Waals surface area contributed by atoms with Crippen LogP contribution in [-0.4, -0.2) is 25.3 Å². The van der Waals surface area contributed by atoms with Crippen LogP contribution in [0.2, 0.25) is 10.0 Å². The molecule has 0 saturated heterocycles. The largest absolute Gasteiger partial charge is 0.325 e. The molecule has 0 saturated carbocycles. The fraction of sp³-hybridized carbons (Fsp3) is 0.250. The van der Waals surface area contributed by atoms with Gasteiger partial charge in [-0.2, -0.15) is 0 Å². The predicted molar refractivity (Wildman–Crippen MR) is 78.5 cm³/mol. The van der Waals surface area contributed by atoms with Crippen LogP contribution in [0.3, 0.4) is 0 Å². The first kappa shape index (κ1) is 16.0. The minimum atomic E-state index is -3.54. The van der Waals surface area contributed by atoms with Crippen molar-refractivity contribution in [1.82, 2.24) is 0 Å². The second-order valence-corrected chi connectivity index (χ2v) is 7.06. The van der Waals surface area contributed by atoms with Crippen LogP contribution in [0.4, 0.5) is 5.69 Å². The van der Waals surface area contributed by atoms with Gasteiger partial charge in [-0.15, -0.1) is 6.58 Å². The Bertz CT molecular complexity index is 599. The topological polar surface area (TPSA) is 63.2 Å². The molecule has 1 atom stereocenters. The molecule has 7 heteroatoms. The minimum absolute atomic E-state index is 0.247. The van der Waals surface area contributed by atoms with Crippen LogP contribution in [0.25, 0.3) is 0 Å². The Morgan fingerprint density at radius 1 is 1.42 bits per heavy atom. The van der Waals surface area contributed by atoms with Gasteiger partial charge >= 0.3 is 0 Å². The maximum Gasteiger partial charge on any atom is 0.242 e. The summed E-state index contributed by atoms with van der Waals surface area (Å²) in [4.78, 5) is 11.8. The average Bonchev–Trinajstić information content (AvgIpc) is 2.32. The highest BCUT2D eigenvalue weighted by atomic mass is 35.5. The lowest BCUT2D eigenvalue weighted by Gasteiger charge is -2.12. The molecule has 0 radical (unpaired) electrons. The van der Waals surface area contributed by atoms with Crippen LogP contribution in [-0.2, 0) is 14.6 Å². The SMILES string of the molecule is C=CCS(=O)(=O)C(C)C(=O)Nc1ccc(Cl)c(Cl)c1. The van der Waals surface area contributed by atoms with Gasteiger partial charge in [-0.3, -0.25) is 4.79 Å². The number of benzene rings is 1. The molecule has 104 valence electrons. The van der Waals surface area contributed by atoms with Gasteiger partial charge in [-0.1, -0.05) is 29.3 Å². The summed E-state index contributed by atoms with van der Waals surface area (Å²) < 4.78 is 23.4. The summed E-state index contributed by atoms with van der Waals surface area (Å²) in [6, 6.07) is 4.51. The molecule has 1 N–H and O–H groups in total. The third-order valence-electron chi connectivity index (χ3n) is 2.45. The zero-order valence-corrected chi connectivity index (χ0v) is 12.5. The molecule has 0 aromatic heterocycles. The van der Waals surface area contributed by atoms with Gasteiger partial charge in [0.1, 0.15) is 5.25 Å². The van der Waals surface area contributed by atoms with Gasteiger partial charge < -0.3 is 5.32 Å². The number of hydrogen-bond acceptors (Lipinski definition) is 3. The van der Waals surface area contributed by atoms with Crippen LogP contribution >= 0.6 is 23.2 Å². The summed E-state index contributed by atoms with van der Waals surface area (Å²) in [6.07, 6.45) is 1.25. The number of rotatable bonds is 5. The Morgan fingerprint density at radius 2 is 2.05 bits per heavy atom. The molecule has 1 rings (SSSR count). The van der Waals surface area contributed by atoms with Crippen molar-refractivity contribution in [3.8, 4) is 0 Å². The summed E-state index contributed by atoms with van der Waals surface area (Å²) in [5, 5.41) is 1.94. The highest BCUT2D eigenvalue weighted by Gasteiger charge is 2.26. The maximum atomic E-state index is 11.8. The Morgan fingerprint density at radius 3 is 2.58 bits per heavy atom. The van der Waals surface area contributed by atoms with Gasteiger partial charge in [0.05, 0.1) is 15.8 Å².